The van der Waals surface area contributed by atoms with E-state index < -0.39 is 30.0 Å². The fourth-order valence-corrected chi connectivity index (χ4v) is 1.64. The zero-order valence-corrected chi connectivity index (χ0v) is 8.97. The van der Waals surface area contributed by atoms with Crippen molar-refractivity contribution >= 4 is 17.9 Å². The molecule has 0 aliphatic carbocycles. The molecule has 3 amide bonds. The number of carboxylic acid groups (broad SMARTS) is 1. The van der Waals surface area contributed by atoms with Crippen LogP contribution >= 0.6 is 0 Å². The molecule has 1 aliphatic heterocycles. The maximum absolute atomic E-state index is 11.6. The van der Waals surface area contributed by atoms with E-state index >= 15 is 0 Å². The third kappa shape index (κ3) is 2.62. The molecule has 4 N–H and O–H groups in total. The maximum atomic E-state index is 11.6. The SMILES string of the molecule is C[C@@H](NC(=O)N1CCCC1C(N)=O)C(=O)O. The molecule has 0 spiro atoms. The van der Waals surface area contributed by atoms with Crippen molar-refractivity contribution < 1.29 is 19.5 Å². The Morgan fingerprint density at radius 1 is 1.50 bits per heavy atom. The van der Waals surface area contributed by atoms with Gasteiger partial charge in [-0.1, -0.05) is 0 Å². The van der Waals surface area contributed by atoms with Gasteiger partial charge in [0.25, 0.3) is 0 Å². The molecule has 0 bridgehead atoms. The molecule has 0 aromatic heterocycles. The van der Waals surface area contributed by atoms with Crippen LogP contribution < -0.4 is 11.1 Å². The molecule has 1 rings (SSSR count). The highest BCUT2D eigenvalue weighted by Gasteiger charge is 2.33. The second-order valence-corrected chi connectivity index (χ2v) is 3.76. The number of amides is 3. The molecule has 90 valence electrons. The molecule has 1 heterocycles. The van der Waals surface area contributed by atoms with Gasteiger partial charge in [0, 0.05) is 6.54 Å². The number of likely N-dealkylation sites (tertiary alicyclic amines) is 1. The van der Waals surface area contributed by atoms with Crippen LogP contribution in [0.5, 0.6) is 0 Å². The standard InChI is InChI=1S/C9H15N3O4/c1-5(8(14)15)11-9(16)12-4-2-3-6(12)7(10)13/h5-6H,2-4H2,1H3,(H2,10,13)(H,11,16)(H,14,15)/t5-,6?/m1/s1. The van der Waals surface area contributed by atoms with Crippen LogP contribution in [-0.2, 0) is 9.59 Å². The Kier molecular flexibility index (Phi) is 3.70. The molecule has 1 unspecified atom stereocenters. The van der Waals surface area contributed by atoms with Gasteiger partial charge in [-0.25, -0.2) is 4.79 Å². The summed E-state index contributed by atoms with van der Waals surface area (Å²) in [5.41, 5.74) is 5.14. The molecular weight excluding hydrogens is 214 g/mol. The number of carbonyl (C=O) groups excluding carboxylic acids is 2. The van der Waals surface area contributed by atoms with Gasteiger partial charge < -0.3 is 21.1 Å². The number of urea groups is 1. The summed E-state index contributed by atoms with van der Waals surface area (Å²) < 4.78 is 0. The van der Waals surface area contributed by atoms with Crippen LogP contribution in [0.4, 0.5) is 4.79 Å². The molecule has 7 nitrogen and oxygen atoms in total. The van der Waals surface area contributed by atoms with Crippen molar-refractivity contribution in [1.82, 2.24) is 10.2 Å². The molecule has 1 fully saturated rings. The van der Waals surface area contributed by atoms with Gasteiger partial charge in [-0.3, -0.25) is 9.59 Å². The van der Waals surface area contributed by atoms with Gasteiger partial charge in [0.2, 0.25) is 5.91 Å². The number of primary amides is 1. The van der Waals surface area contributed by atoms with Crippen LogP contribution in [0.2, 0.25) is 0 Å². The summed E-state index contributed by atoms with van der Waals surface area (Å²) in [5, 5.41) is 10.9. The summed E-state index contributed by atoms with van der Waals surface area (Å²) in [6.07, 6.45) is 1.23. The second kappa shape index (κ2) is 4.82. The number of hydrogen-bond acceptors (Lipinski definition) is 3. The molecule has 1 saturated heterocycles. The summed E-state index contributed by atoms with van der Waals surface area (Å²) >= 11 is 0. The number of nitrogens with one attached hydrogen (secondary N) is 1. The second-order valence-electron chi connectivity index (χ2n) is 3.76. The number of rotatable bonds is 3. The lowest BCUT2D eigenvalue weighted by Gasteiger charge is -2.23. The topological polar surface area (TPSA) is 113 Å². The van der Waals surface area contributed by atoms with Crippen LogP contribution in [0.1, 0.15) is 19.8 Å². The van der Waals surface area contributed by atoms with Crippen molar-refractivity contribution in [3.8, 4) is 0 Å². The Labute approximate surface area is 92.6 Å². The van der Waals surface area contributed by atoms with Crippen LogP contribution in [0, 0.1) is 0 Å². The van der Waals surface area contributed by atoms with E-state index in [-0.39, 0.29) is 0 Å². The van der Waals surface area contributed by atoms with Crippen molar-refractivity contribution in [2.24, 2.45) is 5.73 Å². The van der Waals surface area contributed by atoms with E-state index in [4.69, 9.17) is 10.8 Å². The van der Waals surface area contributed by atoms with Gasteiger partial charge in [-0.05, 0) is 19.8 Å². The summed E-state index contributed by atoms with van der Waals surface area (Å²) in [7, 11) is 0. The van der Waals surface area contributed by atoms with Gasteiger partial charge in [0.05, 0.1) is 0 Å². The number of nitrogens with zero attached hydrogens (tertiary/aromatic N) is 1. The normalized spacial score (nSPS) is 21.6. The predicted octanol–water partition coefficient (Wildman–Crippen LogP) is -0.881. The Balaban J connectivity index is 2.60. The fraction of sp³-hybridized carbons (Fsp3) is 0.667. The minimum atomic E-state index is -1.12. The Bertz CT molecular complexity index is 318. The molecule has 16 heavy (non-hydrogen) atoms. The van der Waals surface area contributed by atoms with Gasteiger partial charge in [-0.15, -0.1) is 0 Å². The van der Waals surface area contributed by atoms with Crippen LogP contribution in [0.15, 0.2) is 0 Å². The van der Waals surface area contributed by atoms with E-state index in [9.17, 15) is 14.4 Å². The average Bonchev–Trinajstić information content (AvgIpc) is 2.65. The van der Waals surface area contributed by atoms with Gasteiger partial charge in [0.15, 0.2) is 0 Å². The quantitative estimate of drug-likeness (QED) is 0.583. The van der Waals surface area contributed by atoms with E-state index in [1.807, 2.05) is 0 Å². The fourth-order valence-electron chi connectivity index (χ4n) is 1.64. The Morgan fingerprint density at radius 3 is 2.62 bits per heavy atom. The molecular formula is C9H15N3O4. The number of hydrogen-bond donors (Lipinski definition) is 3. The highest BCUT2D eigenvalue weighted by Crippen LogP contribution is 2.16. The number of carboxylic acids is 1. The highest BCUT2D eigenvalue weighted by atomic mass is 16.4. The number of carbonyl (C=O) groups is 3. The summed E-state index contributed by atoms with van der Waals surface area (Å²) in [5.74, 6) is -1.68. The maximum Gasteiger partial charge on any atom is 0.325 e. The molecule has 0 aromatic rings. The Hall–Kier alpha value is -1.79. The third-order valence-electron chi connectivity index (χ3n) is 2.55. The first-order chi connectivity index (χ1) is 7.43. The summed E-state index contributed by atoms with van der Waals surface area (Å²) in [6.45, 7) is 1.78. The predicted molar refractivity (Wildman–Crippen MR) is 54.6 cm³/mol. The molecule has 1 aliphatic rings. The summed E-state index contributed by atoms with van der Waals surface area (Å²) in [4.78, 5) is 34.5. The minimum Gasteiger partial charge on any atom is -0.480 e. The van der Waals surface area contributed by atoms with Crippen molar-refractivity contribution in [1.29, 1.82) is 0 Å². The zero-order valence-electron chi connectivity index (χ0n) is 8.97. The first-order valence-corrected chi connectivity index (χ1v) is 5.02. The van der Waals surface area contributed by atoms with Gasteiger partial charge in [-0.2, -0.15) is 0 Å². The van der Waals surface area contributed by atoms with Crippen LogP contribution in [0.3, 0.4) is 0 Å². The molecule has 2 atom stereocenters. The number of aliphatic carboxylic acids is 1. The molecule has 0 radical (unpaired) electrons. The van der Waals surface area contributed by atoms with E-state index in [2.05, 4.69) is 5.32 Å². The first-order valence-electron chi connectivity index (χ1n) is 5.02. The van der Waals surface area contributed by atoms with Crippen LogP contribution in [0.25, 0.3) is 0 Å². The smallest absolute Gasteiger partial charge is 0.325 e. The van der Waals surface area contributed by atoms with Crippen molar-refractivity contribution in [3.63, 3.8) is 0 Å². The van der Waals surface area contributed by atoms with E-state index in [0.717, 1.165) is 0 Å². The molecule has 0 aromatic carbocycles. The monoisotopic (exact) mass is 229 g/mol. The minimum absolute atomic E-state index is 0.422. The van der Waals surface area contributed by atoms with E-state index in [1.165, 1.54) is 11.8 Å². The molecule has 0 saturated carbocycles. The third-order valence-corrected chi connectivity index (χ3v) is 2.55. The summed E-state index contributed by atoms with van der Waals surface area (Å²) in [6, 6.07) is -2.17. The highest BCUT2D eigenvalue weighted by molar-refractivity contribution is 5.88. The zero-order chi connectivity index (χ0) is 12.3. The van der Waals surface area contributed by atoms with E-state index in [1.54, 1.807) is 0 Å². The van der Waals surface area contributed by atoms with E-state index in [0.29, 0.717) is 19.4 Å². The molecule has 7 heteroatoms. The van der Waals surface area contributed by atoms with Crippen molar-refractivity contribution in [2.75, 3.05) is 6.54 Å². The average molecular weight is 229 g/mol. The lowest BCUT2D eigenvalue weighted by atomic mass is 10.2. The van der Waals surface area contributed by atoms with Crippen LogP contribution in [-0.4, -0.2) is 46.5 Å². The van der Waals surface area contributed by atoms with Crippen molar-refractivity contribution in [3.05, 3.63) is 0 Å². The number of nitrogens with two attached hydrogens (primary N) is 1. The van der Waals surface area contributed by atoms with Crippen molar-refractivity contribution in [2.45, 2.75) is 31.8 Å². The lowest BCUT2D eigenvalue weighted by Crippen LogP contribution is -2.51. The van der Waals surface area contributed by atoms with Gasteiger partial charge in [0.1, 0.15) is 12.1 Å². The lowest BCUT2D eigenvalue weighted by molar-refractivity contribution is -0.138. The Morgan fingerprint density at radius 2 is 2.12 bits per heavy atom. The first kappa shape index (κ1) is 12.3. The largest absolute Gasteiger partial charge is 0.480 e. The van der Waals surface area contributed by atoms with Gasteiger partial charge >= 0.3 is 12.0 Å².